The van der Waals surface area contributed by atoms with Crippen LogP contribution in [0.5, 0.6) is 11.5 Å². The van der Waals surface area contributed by atoms with Crippen LogP contribution < -0.4 is 14.8 Å². The average molecular weight is 421 g/mol. The fraction of sp³-hybridized carbons (Fsp3) is 0.167. The summed E-state index contributed by atoms with van der Waals surface area (Å²) >= 11 is 5.70. The molecule has 1 amide bonds. The van der Waals surface area contributed by atoms with Crippen molar-refractivity contribution in [3.8, 4) is 11.5 Å². The SMILES string of the molecule is CC(=O)c1cc2c(cc1NC(=O)COC(=O)c1ccc(Cl)cc1[N+](=O)[O-])OCO2. The summed E-state index contributed by atoms with van der Waals surface area (Å²) in [5.41, 5.74) is -0.556. The third-order valence-electron chi connectivity index (χ3n) is 3.88. The van der Waals surface area contributed by atoms with E-state index < -0.39 is 29.1 Å². The van der Waals surface area contributed by atoms with Crippen molar-refractivity contribution in [3.63, 3.8) is 0 Å². The van der Waals surface area contributed by atoms with Crippen LogP contribution in [0.25, 0.3) is 0 Å². The lowest BCUT2D eigenvalue weighted by molar-refractivity contribution is -0.385. The van der Waals surface area contributed by atoms with Crippen molar-refractivity contribution in [1.29, 1.82) is 0 Å². The number of benzene rings is 2. The van der Waals surface area contributed by atoms with Gasteiger partial charge in [0.15, 0.2) is 23.9 Å². The lowest BCUT2D eigenvalue weighted by Gasteiger charge is -2.11. The van der Waals surface area contributed by atoms with Gasteiger partial charge in [-0.05, 0) is 25.1 Å². The zero-order chi connectivity index (χ0) is 21.1. The molecule has 10 nitrogen and oxygen atoms in total. The van der Waals surface area contributed by atoms with Gasteiger partial charge < -0.3 is 19.5 Å². The van der Waals surface area contributed by atoms with E-state index in [-0.39, 0.29) is 34.4 Å². The minimum atomic E-state index is -1.07. The van der Waals surface area contributed by atoms with Crippen LogP contribution in [0.3, 0.4) is 0 Å². The van der Waals surface area contributed by atoms with Gasteiger partial charge in [-0.15, -0.1) is 0 Å². The first-order valence-electron chi connectivity index (χ1n) is 8.11. The molecule has 29 heavy (non-hydrogen) atoms. The molecule has 1 aliphatic rings. The maximum absolute atomic E-state index is 12.2. The standard InChI is InChI=1S/C18H13ClN2O8/c1-9(22)12-5-15-16(29-8-28-15)6-13(12)20-17(23)7-27-18(24)11-3-2-10(19)4-14(11)21(25)26/h2-6H,7-8H2,1H3,(H,20,23). The van der Waals surface area contributed by atoms with Crippen molar-refractivity contribution in [2.45, 2.75) is 6.92 Å². The van der Waals surface area contributed by atoms with E-state index in [2.05, 4.69) is 5.32 Å². The number of hydrogen-bond acceptors (Lipinski definition) is 8. The molecule has 1 heterocycles. The van der Waals surface area contributed by atoms with Crippen LogP contribution in [0.1, 0.15) is 27.6 Å². The highest BCUT2D eigenvalue weighted by Gasteiger charge is 2.24. The highest BCUT2D eigenvalue weighted by molar-refractivity contribution is 6.31. The van der Waals surface area contributed by atoms with Gasteiger partial charge in [0.2, 0.25) is 6.79 Å². The quantitative estimate of drug-likeness (QED) is 0.326. The van der Waals surface area contributed by atoms with Crippen LogP contribution in [0.15, 0.2) is 30.3 Å². The molecule has 0 aromatic heterocycles. The van der Waals surface area contributed by atoms with Crippen LogP contribution in [0, 0.1) is 10.1 Å². The van der Waals surface area contributed by atoms with Gasteiger partial charge in [0.05, 0.1) is 10.6 Å². The fourth-order valence-corrected chi connectivity index (χ4v) is 2.73. The molecule has 0 saturated carbocycles. The Bertz CT molecular complexity index is 1040. The molecule has 0 saturated heterocycles. The van der Waals surface area contributed by atoms with E-state index in [1.807, 2.05) is 0 Å². The second kappa shape index (κ2) is 8.15. The van der Waals surface area contributed by atoms with E-state index in [1.165, 1.54) is 25.1 Å². The number of Topliss-reactive ketones (excluding diaryl/α,β-unsaturated/α-hetero) is 1. The number of halogens is 1. The summed E-state index contributed by atoms with van der Waals surface area (Å²) in [6, 6.07) is 6.28. The summed E-state index contributed by atoms with van der Waals surface area (Å²) in [4.78, 5) is 46.4. The number of esters is 1. The Morgan fingerprint density at radius 3 is 2.52 bits per heavy atom. The minimum Gasteiger partial charge on any atom is -0.454 e. The number of hydrogen-bond donors (Lipinski definition) is 1. The van der Waals surface area contributed by atoms with Crippen molar-refractivity contribution in [1.82, 2.24) is 0 Å². The Kier molecular flexibility index (Phi) is 5.64. The van der Waals surface area contributed by atoms with Gasteiger partial charge in [-0.1, -0.05) is 11.6 Å². The number of amides is 1. The van der Waals surface area contributed by atoms with Gasteiger partial charge >= 0.3 is 5.97 Å². The van der Waals surface area contributed by atoms with Gasteiger partial charge in [0.1, 0.15) is 5.56 Å². The Hall–Kier alpha value is -3.66. The van der Waals surface area contributed by atoms with Gasteiger partial charge in [0.25, 0.3) is 11.6 Å². The monoisotopic (exact) mass is 420 g/mol. The van der Waals surface area contributed by atoms with E-state index in [1.54, 1.807) is 0 Å². The summed E-state index contributed by atoms with van der Waals surface area (Å²) in [5, 5.41) is 13.6. The van der Waals surface area contributed by atoms with Crippen molar-refractivity contribution < 1.29 is 33.5 Å². The largest absolute Gasteiger partial charge is 0.454 e. The zero-order valence-corrected chi connectivity index (χ0v) is 15.6. The number of nitrogens with zero attached hydrogens (tertiary/aromatic N) is 1. The summed E-state index contributed by atoms with van der Waals surface area (Å²) in [6.45, 7) is 0.568. The smallest absolute Gasteiger partial charge is 0.345 e. The van der Waals surface area contributed by atoms with Crippen LogP contribution in [-0.4, -0.2) is 36.0 Å². The molecule has 2 aromatic rings. The lowest BCUT2D eigenvalue weighted by atomic mass is 10.1. The Labute approximate surface area is 168 Å². The summed E-state index contributed by atoms with van der Waals surface area (Å²) in [7, 11) is 0. The molecule has 0 unspecified atom stereocenters. The van der Waals surface area contributed by atoms with E-state index in [0.29, 0.717) is 11.5 Å². The molecule has 1 N–H and O–H groups in total. The maximum atomic E-state index is 12.2. The van der Waals surface area contributed by atoms with E-state index in [4.69, 9.17) is 25.8 Å². The number of ether oxygens (including phenoxy) is 3. The van der Waals surface area contributed by atoms with Gasteiger partial charge in [-0.3, -0.25) is 19.7 Å². The van der Waals surface area contributed by atoms with Crippen LogP contribution in [0.2, 0.25) is 5.02 Å². The molecule has 0 spiro atoms. The van der Waals surface area contributed by atoms with Crippen molar-refractivity contribution >= 4 is 40.6 Å². The van der Waals surface area contributed by atoms with Gasteiger partial charge in [0, 0.05) is 22.7 Å². The minimum absolute atomic E-state index is 0.0123. The molecule has 150 valence electrons. The van der Waals surface area contributed by atoms with Crippen LogP contribution in [-0.2, 0) is 9.53 Å². The number of nitro benzene ring substituents is 1. The third kappa shape index (κ3) is 4.43. The number of rotatable bonds is 6. The van der Waals surface area contributed by atoms with E-state index in [0.717, 1.165) is 12.1 Å². The van der Waals surface area contributed by atoms with Crippen molar-refractivity contribution in [2.24, 2.45) is 0 Å². The molecule has 0 atom stereocenters. The first-order valence-corrected chi connectivity index (χ1v) is 8.49. The molecule has 0 radical (unpaired) electrons. The van der Waals surface area contributed by atoms with Crippen molar-refractivity contribution in [2.75, 3.05) is 18.7 Å². The first kappa shape index (κ1) is 20.1. The van der Waals surface area contributed by atoms with Crippen LogP contribution in [0.4, 0.5) is 11.4 Å². The van der Waals surface area contributed by atoms with Crippen molar-refractivity contribution in [3.05, 3.63) is 56.6 Å². The normalized spacial score (nSPS) is 11.7. The van der Waals surface area contributed by atoms with Crippen LogP contribution >= 0.6 is 11.6 Å². The third-order valence-corrected chi connectivity index (χ3v) is 4.11. The second-order valence-corrected chi connectivity index (χ2v) is 6.29. The summed E-state index contributed by atoms with van der Waals surface area (Å²) in [6.07, 6.45) is 0. The molecule has 0 aliphatic carbocycles. The Morgan fingerprint density at radius 1 is 1.17 bits per heavy atom. The Morgan fingerprint density at radius 2 is 1.86 bits per heavy atom. The summed E-state index contributed by atoms with van der Waals surface area (Å²) < 4.78 is 15.3. The molecule has 1 aliphatic heterocycles. The van der Waals surface area contributed by atoms with Gasteiger partial charge in [-0.2, -0.15) is 0 Å². The van der Waals surface area contributed by atoms with E-state index in [9.17, 15) is 24.5 Å². The zero-order valence-electron chi connectivity index (χ0n) is 14.9. The molecule has 0 bridgehead atoms. The predicted molar refractivity (Wildman–Crippen MR) is 99.6 cm³/mol. The number of anilines is 1. The number of carbonyl (C=O) groups excluding carboxylic acids is 3. The first-order chi connectivity index (χ1) is 13.8. The average Bonchev–Trinajstić information content (AvgIpc) is 3.12. The molecular formula is C18H13ClN2O8. The molecule has 11 heteroatoms. The molecular weight excluding hydrogens is 408 g/mol. The lowest BCUT2D eigenvalue weighted by Crippen LogP contribution is -2.22. The maximum Gasteiger partial charge on any atom is 0.345 e. The number of ketones is 1. The van der Waals surface area contributed by atoms with E-state index >= 15 is 0 Å². The molecule has 0 fully saturated rings. The number of fused-ring (bicyclic) bond motifs is 1. The highest BCUT2D eigenvalue weighted by Crippen LogP contribution is 2.37. The van der Waals surface area contributed by atoms with Gasteiger partial charge in [-0.25, -0.2) is 4.79 Å². The predicted octanol–water partition coefficient (Wildman–Crippen LogP) is 2.98. The highest BCUT2D eigenvalue weighted by atomic mass is 35.5. The summed E-state index contributed by atoms with van der Waals surface area (Å²) in [5.74, 6) is -1.43. The molecule has 2 aromatic carbocycles. The Balaban J connectivity index is 1.70. The number of carbonyl (C=O) groups is 3. The topological polar surface area (TPSA) is 134 Å². The fourth-order valence-electron chi connectivity index (χ4n) is 2.56. The number of nitro groups is 1. The second-order valence-electron chi connectivity index (χ2n) is 5.85. The molecule has 3 rings (SSSR count). The number of nitrogens with one attached hydrogen (secondary N) is 1.